The van der Waals surface area contributed by atoms with Gasteiger partial charge in [-0.15, -0.1) is 0 Å². The van der Waals surface area contributed by atoms with Crippen molar-refractivity contribution < 1.29 is 0 Å². The molecule has 0 spiro atoms. The molecule has 2 rings (SSSR count). The quantitative estimate of drug-likeness (QED) is 0.903. The molecule has 1 aromatic rings. The standard InChI is InChI=1S/C14H25BrN4/c1-4-19(12-7-5-6-11(12)8-16)9-13-14(15)10(2)17-18(13)3/h11-12H,4-9,16H2,1-3H3. The molecule has 1 aliphatic carbocycles. The number of nitrogens with two attached hydrogens (primary N) is 1. The van der Waals surface area contributed by atoms with E-state index in [1.807, 2.05) is 18.7 Å². The molecule has 108 valence electrons. The lowest BCUT2D eigenvalue weighted by Gasteiger charge is -2.31. The summed E-state index contributed by atoms with van der Waals surface area (Å²) in [5.74, 6) is 0.660. The van der Waals surface area contributed by atoms with Gasteiger partial charge in [0.15, 0.2) is 0 Å². The summed E-state index contributed by atoms with van der Waals surface area (Å²) >= 11 is 3.66. The molecule has 1 fully saturated rings. The van der Waals surface area contributed by atoms with Crippen LogP contribution in [0.5, 0.6) is 0 Å². The predicted molar refractivity (Wildman–Crippen MR) is 81.9 cm³/mol. The number of aromatic nitrogens is 2. The number of hydrogen-bond acceptors (Lipinski definition) is 3. The lowest BCUT2D eigenvalue weighted by atomic mass is 10.0. The third kappa shape index (κ3) is 3.03. The predicted octanol–water partition coefficient (Wildman–Crippen LogP) is 2.44. The second-order valence-electron chi connectivity index (χ2n) is 5.53. The molecule has 0 amide bonds. The number of nitrogens with zero attached hydrogens (tertiary/aromatic N) is 3. The second kappa shape index (κ2) is 6.37. The Kier molecular flexibility index (Phi) is 5.03. The van der Waals surface area contributed by atoms with Crippen LogP contribution in [0.2, 0.25) is 0 Å². The van der Waals surface area contributed by atoms with E-state index >= 15 is 0 Å². The summed E-state index contributed by atoms with van der Waals surface area (Å²) in [6, 6.07) is 0.636. The van der Waals surface area contributed by atoms with E-state index in [2.05, 4.69) is 32.9 Å². The summed E-state index contributed by atoms with van der Waals surface area (Å²) in [6.45, 7) is 7.12. The molecule has 1 aliphatic rings. The Balaban J connectivity index is 2.14. The van der Waals surface area contributed by atoms with Crippen LogP contribution in [-0.2, 0) is 13.6 Å². The van der Waals surface area contributed by atoms with Crippen molar-refractivity contribution in [2.45, 2.75) is 45.7 Å². The molecule has 2 atom stereocenters. The van der Waals surface area contributed by atoms with Gasteiger partial charge in [0.2, 0.25) is 0 Å². The zero-order valence-corrected chi connectivity index (χ0v) is 13.8. The van der Waals surface area contributed by atoms with Gasteiger partial charge in [-0.3, -0.25) is 9.58 Å². The van der Waals surface area contributed by atoms with Crippen LogP contribution >= 0.6 is 15.9 Å². The molecular formula is C14H25BrN4. The number of hydrogen-bond donors (Lipinski definition) is 1. The molecule has 0 aliphatic heterocycles. The van der Waals surface area contributed by atoms with Gasteiger partial charge in [-0.1, -0.05) is 13.3 Å². The van der Waals surface area contributed by atoms with Crippen molar-refractivity contribution in [3.8, 4) is 0 Å². The van der Waals surface area contributed by atoms with E-state index in [4.69, 9.17) is 5.73 Å². The zero-order valence-electron chi connectivity index (χ0n) is 12.2. The Morgan fingerprint density at radius 1 is 1.47 bits per heavy atom. The first kappa shape index (κ1) is 15.0. The lowest BCUT2D eigenvalue weighted by molar-refractivity contribution is 0.158. The lowest BCUT2D eigenvalue weighted by Crippen LogP contribution is -2.40. The molecule has 1 heterocycles. The average molecular weight is 329 g/mol. The Bertz CT molecular complexity index is 429. The molecular weight excluding hydrogens is 304 g/mol. The van der Waals surface area contributed by atoms with Crippen molar-refractivity contribution in [3.63, 3.8) is 0 Å². The van der Waals surface area contributed by atoms with Crippen LogP contribution in [-0.4, -0.2) is 33.8 Å². The Morgan fingerprint density at radius 2 is 2.21 bits per heavy atom. The second-order valence-corrected chi connectivity index (χ2v) is 6.32. The summed E-state index contributed by atoms with van der Waals surface area (Å²) in [7, 11) is 2.02. The highest BCUT2D eigenvalue weighted by Gasteiger charge is 2.31. The Morgan fingerprint density at radius 3 is 2.74 bits per heavy atom. The number of rotatable bonds is 5. The summed E-state index contributed by atoms with van der Waals surface area (Å²) in [4.78, 5) is 2.56. The van der Waals surface area contributed by atoms with Gasteiger partial charge in [-0.05, 0) is 54.7 Å². The molecule has 0 aromatic carbocycles. The van der Waals surface area contributed by atoms with Gasteiger partial charge in [0, 0.05) is 19.6 Å². The van der Waals surface area contributed by atoms with E-state index in [-0.39, 0.29) is 0 Å². The zero-order chi connectivity index (χ0) is 14.0. The molecule has 19 heavy (non-hydrogen) atoms. The van der Waals surface area contributed by atoms with E-state index in [0.29, 0.717) is 12.0 Å². The summed E-state index contributed by atoms with van der Waals surface area (Å²) in [5.41, 5.74) is 8.25. The molecule has 5 heteroatoms. The van der Waals surface area contributed by atoms with Crippen molar-refractivity contribution in [1.29, 1.82) is 0 Å². The van der Waals surface area contributed by atoms with Crippen molar-refractivity contribution in [2.75, 3.05) is 13.1 Å². The van der Waals surface area contributed by atoms with E-state index in [9.17, 15) is 0 Å². The smallest absolute Gasteiger partial charge is 0.0739 e. The van der Waals surface area contributed by atoms with Crippen LogP contribution in [0.4, 0.5) is 0 Å². The van der Waals surface area contributed by atoms with Gasteiger partial charge in [-0.25, -0.2) is 0 Å². The highest BCUT2D eigenvalue weighted by Crippen LogP contribution is 2.31. The van der Waals surface area contributed by atoms with E-state index in [1.54, 1.807) is 0 Å². The molecule has 2 N–H and O–H groups in total. The van der Waals surface area contributed by atoms with Crippen molar-refractivity contribution in [2.24, 2.45) is 18.7 Å². The maximum atomic E-state index is 5.92. The van der Waals surface area contributed by atoms with Crippen molar-refractivity contribution in [3.05, 3.63) is 15.9 Å². The minimum atomic E-state index is 0.636. The summed E-state index contributed by atoms with van der Waals surface area (Å²) in [5, 5.41) is 4.48. The molecule has 1 aromatic heterocycles. The third-order valence-electron chi connectivity index (χ3n) is 4.41. The van der Waals surface area contributed by atoms with Crippen molar-refractivity contribution >= 4 is 15.9 Å². The van der Waals surface area contributed by atoms with Crippen LogP contribution in [0.3, 0.4) is 0 Å². The average Bonchev–Trinajstić information content (AvgIpc) is 2.95. The van der Waals surface area contributed by atoms with E-state index in [1.165, 1.54) is 25.0 Å². The molecule has 0 radical (unpaired) electrons. The largest absolute Gasteiger partial charge is 0.330 e. The normalized spacial score (nSPS) is 23.5. The number of halogens is 1. The highest BCUT2D eigenvalue weighted by molar-refractivity contribution is 9.10. The third-order valence-corrected chi connectivity index (χ3v) is 5.44. The van der Waals surface area contributed by atoms with E-state index < -0.39 is 0 Å². The van der Waals surface area contributed by atoms with E-state index in [0.717, 1.165) is 29.8 Å². The van der Waals surface area contributed by atoms with Crippen LogP contribution in [0.25, 0.3) is 0 Å². The van der Waals surface area contributed by atoms with Gasteiger partial charge in [-0.2, -0.15) is 5.10 Å². The monoisotopic (exact) mass is 328 g/mol. The van der Waals surface area contributed by atoms with Gasteiger partial charge in [0.1, 0.15) is 0 Å². The molecule has 0 saturated heterocycles. The van der Waals surface area contributed by atoms with Crippen LogP contribution in [0.15, 0.2) is 4.47 Å². The molecule has 2 unspecified atom stereocenters. The summed E-state index contributed by atoms with van der Waals surface area (Å²) in [6.07, 6.45) is 3.88. The SMILES string of the molecule is CCN(Cc1c(Br)c(C)nn1C)C1CCCC1CN. The maximum Gasteiger partial charge on any atom is 0.0739 e. The molecule has 4 nitrogen and oxygen atoms in total. The highest BCUT2D eigenvalue weighted by atomic mass is 79.9. The van der Waals surface area contributed by atoms with Gasteiger partial charge < -0.3 is 5.73 Å². The minimum absolute atomic E-state index is 0.636. The fraction of sp³-hybridized carbons (Fsp3) is 0.786. The number of aryl methyl sites for hydroxylation is 2. The van der Waals surface area contributed by atoms with Crippen LogP contribution < -0.4 is 5.73 Å². The fourth-order valence-electron chi connectivity index (χ4n) is 3.28. The van der Waals surface area contributed by atoms with Gasteiger partial charge >= 0.3 is 0 Å². The van der Waals surface area contributed by atoms with Gasteiger partial charge in [0.25, 0.3) is 0 Å². The topological polar surface area (TPSA) is 47.1 Å². The molecule has 0 bridgehead atoms. The van der Waals surface area contributed by atoms with Gasteiger partial charge in [0.05, 0.1) is 15.9 Å². The molecule has 1 saturated carbocycles. The fourth-order valence-corrected chi connectivity index (χ4v) is 3.74. The maximum absolute atomic E-state index is 5.92. The first-order valence-corrected chi connectivity index (χ1v) is 7.99. The summed E-state index contributed by atoms with van der Waals surface area (Å²) < 4.78 is 3.14. The first-order chi connectivity index (χ1) is 9.08. The first-order valence-electron chi connectivity index (χ1n) is 7.20. The Hall–Kier alpha value is -0.390. The van der Waals surface area contributed by atoms with Crippen molar-refractivity contribution in [1.82, 2.24) is 14.7 Å². The Labute approximate surface area is 124 Å². The van der Waals surface area contributed by atoms with Crippen LogP contribution in [0, 0.1) is 12.8 Å². The van der Waals surface area contributed by atoms with Crippen LogP contribution in [0.1, 0.15) is 37.6 Å². The minimum Gasteiger partial charge on any atom is -0.330 e.